The highest BCUT2D eigenvalue weighted by atomic mass is 35.5. The standard InChI is InChI=1S/C19H22ClN3O3/c1-12(15-8-9-15)21-16(24)11-26-19(25)17-13(2)22-23(18(17)20)10-14-6-4-3-5-7-14/h3-7,12,15H,8-11H2,1-2H3,(H,21,24)/t12-/m1/s1. The average molecular weight is 376 g/mol. The molecule has 1 atom stereocenters. The average Bonchev–Trinajstić information content (AvgIpc) is 3.41. The first-order valence-corrected chi connectivity index (χ1v) is 9.07. The minimum atomic E-state index is -0.638. The van der Waals surface area contributed by atoms with Crippen molar-refractivity contribution in [3.05, 3.63) is 52.3 Å². The molecule has 1 aromatic heterocycles. The number of ether oxygens (including phenoxy) is 1. The highest BCUT2D eigenvalue weighted by Gasteiger charge is 2.29. The summed E-state index contributed by atoms with van der Waals surface area (Å²) in [4.78, 5) is 24.2. The Labute approximate surface area is 157 Å². The second kappa shape index (κ2) is 7.91. The maximum absolute atomic E-state index is 12.3. The van der Waals surface area contributed by atoms with Crippen LogP contribution in [0.2, 0.25) is 5.15 Å². The molecule has 1 heterocycles. The number of halogens is 1. The Balaban J connectivity index is 1.61. The summed E-state index contributed by atoms with van der Waals surface area (Å²) in [7, 11) is 0. The molecule has 1 amide bonds. The summed E-state index contributed by atoms with van der Waals surface area (Å²) in [5.74, 6) is -0.396. The Morgan fingerprint density at radius 1 is 1.35 bits per heavy atom. The van der Waals surface area contributed by atoms with Crippen LogP contribution in [0.4, 0.5) is 0 Å². The zero-order chi connectivity index (χ0) is 18.7. The van der Waals surface area contributed by atoms with Gasteiger partial charge in [-0.1, -0.05) is 41.9 Å². The zero-order valence-electron chi connectivity index (χ0n) is 14.9. The molecule has 1 N–H and O–H groups in total. The third-order valence-electron chi connectivity index (χ3n) is 4.50. The normalized spacial score (nSPS) is 14.7. The maximum atomic E-state index is 12.3. The molecular weight excluding hydrogens is 354 g/mol. The number of carbonyl (C=O) groups excluding carboxylic acids is 2. The van der Waals surface area contributed by atoms with Gasteiger partial charge in [0.05, 0.1) is 12.2 Å². The molecule has 138 valence electrons. The van der Waals surface area contributed by atoms with Crippen molar-refractivity contribution < 1.29 is 14.3 Å². The van der Waals surface area contributed by atoms with Crippen molar-refractivity contribution in [1.82, 2.24) is 15.1 Å². The van der Waals surface area contributed by atoms with Crippen LogP contribution in [0.15, 0.2) is 30.3 Å². The fraction of sp³-hybridized carbons (Fsp3) is 0.421. The third kappa shape index (κ3) is 4.43. The van der Waals surface area contributed by atoms with Gasteiger partial charge in [0.15, 0.2) is 6.61 Å². The van der Waals surface area contributed by atoms with Crippen LogP contribution >= 0.6 is 11.6 Å². The van der Waals surface area contributed by atoms with E-state index in [0.29, 0.717) is 18.2 Å². The first-order valence-electron chi connectivity index (χ1n) is 8.69. The highest BCUT2D eigenvalue weighted by Crippen LogP contribution is 2.32. The van der Waals surface area contributed by atoms with Crippen molar-refractivity contribution in [3.63, 3.8) is 0 Å². The van der Waals surface area contributed by atoms with Crippen molar-refractivity contribution in [2.75, 3.05) is 6.61 Å². The minimum Gasteiger partial charge on any atom is -0.452 e. The number of hydrogen-bond donors (Lipinski definition) is 1. The molecule has 1 saturated carbocycles. The maximum Gasteiger partial charge on any atom is 0.343 e. The minimum absolute atomic E-state index is 0.111. The molecule has 1 aliphatic carbocycles. The number of hydrogen-bond acceptors (Lipinski definition) is 4. The molecule has 0 aliphatic heterocycles. The van der Waals surface area contributed by atoms with E-state index in [9.17, 15) is 9.59 Å². The van der Waals surface area contributed by atoms with Crippen LogP contribution in [0.3, 0.4) is 0 Å². The molecule has 1 aliphatic rings. The van der Waals surface area contributed by atoms with Crippen LogP contribution in [0, 0.1) is 12.8 Å². The Bertz CT molecular complexity index is 800. The van der Waals surface area contributed by atoms with Crippen LogP contribution in [0.1, 0.15) is 41.4 Å². The second-order valence-corrected chi connectivity index (χ2v) is 7.02. The van der Waals surface area contributed by atoms with Crippen molar-refractivity contribution in [2.45, 2.75) is 39.3 Å². The summed E-state index contributed by atoms with van der Waals surface area (Å²) in [6.45, 7) is 3.79. The predicted octanol–water partition coefficient (Wildman–Crippen LogP) is 2.96. The number of rotatable bonds is 7. The lowest BCUT2D eigenvalue weighted by molar-refractivity contribution is -0.124. The van der Waals surface area contributed by atoms with Gasteiger partial charge in [-0.15, -0.1) is 0 Å². The van der Waals surface area contributed by atoms with E-state index < -0.39 is 5.97 Å². The van der Waals surface area contributed by atoms with Gasteiger partial charge in [0.1, 0.15) is 10.7 Å². The lowest BCUT2D eigenvalue weighted by atomic mass is 10.2. The first-order chi connectivity index (χ1) is 12.5. The van der Waals surface area contributed by atoms with Gasteiger partial charge in [0, 0.05) is 6.04 Å². The summed E-state index contributed by atoms with van der Waals surface area (Å²) >= 11 is 6.32. The molecule has 3 rings (SSSR count). The summed E-state index contributed by atoms with van der Waals surface area (Å²) in [6, 6.07) is 9.80. The monoisotopic (exact) mass is 375 g/mol. The molecule has 26 heavy (non-hydrogen) atoms. The van der Waals surface area contributed by atoms with Gasteiger partial charge in [-0.2, -0.15) is 5.10 Å². The highest BCUT2D eigenvalue weighted by molar-refractivity contribution is 6.32. The zero-order valence-corrected chi connectivity index (χ0v) is 15.6. The second-order valence-electron chi connectivity index (χ2n) is 6.66. The molecule has 6 nitrogen and oxygen atoms in total. The Morgan fingerprint density at radius 2 is 2.04 bits per heavy atom. The Morgan fingerprint density at radius 3 is 2.69 bits per heavy atom. The number of benzene rings is 1. The molecule has 7 heteroatoms. The molecular formula is C19H22ClN3O3. The Kier molecular flexibility index (Phi) is 5.61. The number of carbonyl (C=O) groups is 2. The predicted molar refractivity (Wildman–Crippen MR) is 98.1 cm³/mol. The van der Waals surface area contributed by atoms with E-state index in [4.69, 9.17) is 16.3 Å². The van der Waals surface area contributed by atoms with Crippen LogP contribution in [-0.4, -0.2) is 34.3 Å². The Hall–Kier alpha value is -2.34. The quantitative estimate of drug-likeness (QED) is 0.755. The SMILES string of the molecule is Cc1nn(Cc2ccccc2)c(Cl)c1C(=O)OCC(=O)N[C@H](C)C1CC1. The lowest BCUT2D eigenvalue weighted by Gasteiger charge is -2.12. The summed E-state index contributed by atoms with van der Waals surface area (Å²) in [5, 5.41) is 7.37. The number of esters is 1. The van der Waals surface area contributed by atoms with Crippen molar-refractivity contribution in [2.24, 2.45) is 5.92 Å². The molecule has 1 fully saturated rings. The molecule has 0 saturated heterocycles. The van der Waals surface area contributed by atoms with E-state index in [1.165, 1.54) is 0 Å². The van der Waals surface area contributed by atoms with E-state index in [1.54, 1.807) is 11.6 Å². The smallest absolute Gasteiger partial charge is 0.343 e. The van der Waals surface area contributed by atoms with Crippen LogP contribution in [0.5, 0.6) is 0 Å². The molecule has 0 radical (unpaired) electrons. The van der Waals surface area contributed by atoms with Gasteiger partial charge in [0.25, 0.3) is 5.91 Å². The van der Waals surface area contributed by atoms with Crippen molar-refractivity contribution >= 4 is 23.5 Å². The number of aromatic nitrogens is 2. The molecule has 0 unspecified atom stereocenters. The van der Waals surface area contributed by atoms with Crippen LogP contribution in [0.25, 0.3) is 0 Å². The van der Waals surface area contributed by atoms with Gasteiger partial charge < -0.3 is 10.1 Å². The fourth-order valence-electron chi connectivity index (χ4n) is 2.86. The topological polar surface area (TPSA) is 73.2 Å². The summed E-state index contributed by atoms with van der Waals surface area (Å²) in [6.07, 6.45) is 2.27. The van der Waals surface area contributed by atoms with E-state index in [-0.39, 0.29) is 29.3 Å². The molecule has 1 aromatic carbocycles. The number of nitrogens with one attached hydrogen (secondary N) is 1. The van der Waals surface area contributed by atoms with E-state index in [0.717, 1.165) is 18.4 Å². The molecule has 0 spiro atoms. The largest absolute Gasteiger partial charge is 0.452 e. The third-order valence-corrected chi connectivity index (χ3v) is 4.88. The first kappa shape index (κ1) is 18.5. The van der Waals surface area contributed by atoms with Gasteiger partial charge in [-0.25, -0.2) is 9.48 Å². The molecule has 2 aromatic rings. The van der Waals surface area contributed by atoms with Crippen molar-refractivity contribution in [3.8, 4) is 0 Å². The van der Waals surface area contributed by atoms with E-state index >= 15 is 0 Å². The van der Waals surface area contributed by atoms with Crippen LogP contribution < -0.4 is 5.32 Å². The van der Waals surface area contributed by atoms with Gasteiger partial charge in [-0.3, -0.25) is 4.79 Å². The fourth-order valence-corrected chi connectivity index (χ4v) is 3.17. The van der Waals surface area contributed by atoms with Gasteiger partial charge in [0.2, 0.25) is 0 Å². The van der Waals surface area contributed by atoms with Crippen molar-refractivity contribution in [1.29, 1.82) is 0 Å². The number of aryl methyl sites for hydroxylation is 1. The van der Waals surface area contributed by atoms with Gasteiger partial charge >= 0.3 is 5.97 Å². The van der Waals surface area contributed by atoms with E-state index in [1.807, 2.05) is 37.3 Å². The van der Waals surface area contributed by atoms with E-state index in [2.05, 4.69) is 10.4 Å². The van der Waals surface area contributed by atoms with Crippen LogP contribution in [-0.2, 0) is 16.1 Å². The summed E-state index contributed by atoms with van der Waals surface area (Å²) in [5.41, 5.74) is 1.69. The lowest BCUT2D eigenvalue weighted by Crippen LogP contribution is -2.37. The van der Waals surface area contributed by atoms with Gasteiger partial charge in [-0.05, 0) is 38.2 Å². The molecule has 0 bridgehead atoms. The number of nitrogens with zero attached hydrogens (tertiary/aromatic N) is 2. The number of amides is 1. The summed E-state index contributed by atoms with van der Waals surface area (Å²) < 4.78 is 6.68.